The van der Waals surface area contributed by atoms with Gasteiger partial charge in [-0.05, 0) is 58.6 Å². The first-order valence-electron chi connectivity index (χ1n) is 10.2. The molecule has 0 saturated carbocycles. The van der Waals surface area contributed by atoms with E-state index in [-0.39, 0.29) is 5.78 Å². The molecule has 0 saturated heterocycles. The highest BCUT2D eigenvalue weighted by atomic mass is 28.4. The zero-order valence-electron chi connectivity index (χ0n) is 18.9. The maximum absolute atomic E-state index is 12.1. The summed E-state index contributed by atoms with van der Waals surface area (Å²) < 4.78 is 7.13. The molecule has 26 heavy (non-hydrogen) atoms. The molecule has 0 N–H and O–H groups in total. The molecule has 0 aromatic heterocycles. The molecule has 2 nitrogen and oxygen atoms in total. The Hall–Kier alpha value is -1.09. The number of ketones is 1. The Bertz CT molecular complexity index is 576. The summed E-state index contributed by atoms with van der Waals surface area (Å²) in [5.41, 5.74) is 4.73. The zero-order chi connectivity index (χ0) is 20.4. The third kappa shape index (κ3) is 4.41. The van der Waals surface area contributed by atoms with Crippen LogP contribution in [0.1, 0.15) is 109 Å². The maximum atomic E-state index is 12.1. The van der Waals surface area contributed by atoms with Crippen molar-refractivity contribution in [1.29, 1.82) is 0 Å². The molecule has 0 aliphatic carbocycles. The van der Waals surface area contributed by atoms with Gasteiger partial charge in [-0.15, -0.1) is 0 Å². The first kappa shape index (κ1) is 22.9. The van der Waals surface area contributed by atoms with Gasteiger partial charge in [-0.25, -0.2) is 0 Å². The van der Waals surface area contributed by atoms with E-state index < -0.39 is 8.32 Å². The maximum Gasteiger partial charge on any atom is 0.258 e. The number of Topliss-reactive ketones (excluding diaryl/α,β-unsaturated/α-hetero) is 1. The minimum Gasteiger partial charge on any atom is -0.542 e. The molecular formula is C23H40O2Si. The van der Waals surface area contributed by atoms with Crippen molar-refractivity contribution in [2.75, 3.05) is 0 Å². The lowest BCUT2D eigenvalue weighted by molar-refractivity contribution is 0.101. The molecule has 0 spiro atoms. The van der Waals surface area contributed by atoms with Crippen molar-refractivity contribution in [3.8, 4) is 5.75 Å². The summed E-state index contributed by atoms with van der Waals surface area (Å²) in [7, 11) is -2.05. The van der Waals surface area contributed by atoms with E-state index in [4.69, 9.17) is 4.43 Å². The van der Waals surface area contributed by atoms with Crippen LogP contribution < -0.4 is 4.43 Å². The van der Waals surface area contributed by atoms with Crippen LogP contribution in [-0.4, -0.2) is 14.1 Å². The van der Waals surface area contributed by atoms with Gasteiger partial charge in [0, 0.05) is 5.56 Å². The van der Waals surface area contributed by atoms with Crippen LogP contribution in [-0.2, 0) is 0 Å². The fraction of sp³-hybridized carbons (Fsp3) is 0.696. The number of benzene rings is 1. The zero-order valence-corrected chi connectivity index (χ0v) is 19.9. The Morgan fingerprint density at radius 3 is 1.35 bits per heavy atom. The molecule has 0 heterocycles. The van der Waals surface area contributed by atoms with Gasteiger partial charge in [0.15, 0.2) is 5.78 Å². The molecule has 3 heteroatoms. The van der Waals surface area contributed by atoms with Crippen LogP contribution >= 0.6 is 0 Å². The molecule has 1 aromatic carbocycles. The highest BCUT2D eigenvalue weighted by molar-refractivity contribution is 6.78. The van der Waals surface area contributed by atoms with Crippen molar-refractivity contribution in [1.82, 2.24) is 0 Å². The van der Waals surface area contributed by atoms with Gasteiger partial charge in [0.1, 0.15) is 5.75 Å². The molecule has 0 atom stereocenters. The summed E-state index contributed by atoms with van der Waals surface area (Å²) in [5.74, 6) is 1.82. The molecule has 0 amide bonds. The van der Waals surface area contributed by atoms with Gasteiger partial charge in [-0.1, -0.05) is 69.2 Å². The molecule has 0 bridgehead atoms. The minimum absolute atomic E-state index is 0.125. The van der Waals surface area contributed by atoms with E-state index in [0.29, 0.717) is 28.5 Å². The average Bonchev–Trinajstić information content (AvgIpc) is 2.50. The van der Waals surface area contributed by atoms with E-state index in [0.717, 1.165) is 11.3 Å². The van der Waals surface area contributed by atoms with Gasteiger partial charge in [0.2, 0.25) is 0 Å². The lowest BCUT2D eigenvalue weighted by atomic mass is 9.90. The van der Waals surface area contributed by atoms with Gasteiger partial charge < -0.3 is 4.43 Å². The second-order valence-corrected chi connectivity index (χ2v) is 14.6. The van der Waals surface area contributed by atoms with Crippen LogP contribution in [0.15, 0.2) is 12.1 Å². The van der Waals surface area contributed by atoms with Gasteiger partial charge in [0.25, 0.3) is 8.32 Å². The SMILES string of the molecule is CC(=O)c1cc(C(C)C)c(O[Si](C(C)C)(C(C)C)C(C)C)c(C(C)C)c1. The number of carbonyl (C=O) groups is 1. The van der Waals surface area contributed by atoms with Crippen LogP contribution in [0.3, 0.4) is 0 Å². The number of carbonyl (C=O) groups excluding carboxylic acids is 1. The summed E-state index contributed by atoms with van der Waals surface area (Å²) in [6, 6.07) is 4.13. The Morgan fingerprint density at radius 2 is 1.12 bits per heavy atom. The predicted octanol–water partition coefficient (Wildman–Crippen LogP) is 7.69. The van der Waals surface area contributed by atoms with E-state index in [1.807, 2.05) is 0 Å². The first-order valence-corrected chi connectivity index (χ1v) is 12.4. The summed E-state index contributed by atoms with van der Waals surface area (Å²) in [6.45, 7) is 24.3. The first-order chi connectivity index (χ1) is 11.9. The molecule has 148 valence electrons. The summed E-state index contributed by atoms with van der Waals surface area (Å²) in [5, 5.41) is 0. The van der Waals surface area contributed by atoms with Crippen molar-refractivity contribution in [3.63, 3.8) is 0 Å². The van der Waals surface area contributed by atoms with E-state index in [1.54, 1.807) is 6.92 Å². The number of rotatable bonds is 8. The van der Waals surface area contributed by atoms with Crippen molar-refractivity contribution in [3.05, 3.63) is 28.8 Å². The minimum atomic E-state index is -2.05. The quantitative estimate of drug-likeness (QED) is 0.343. The predicted molar refractivity (Wildman–Crippen MR) is 116 cm³/mol. The lowest BCUT2D eigenvalue weighted by Crippen LogP contribution is -2.51. The Labute approximate surface area is 162 Å². The molecule has 0 radical (unpaired) electrons. The topological polar surface area (TPSA) is 26.3 Å². The van der Waals surface area contributed by atoms with E-state index >= 15 is 0 Å². The second-order valence-electron chi connectivity index (χ2n) is 9.27. The summed E-state index contributed by atoms with van der Waals surface area (Å²) >= 11 is 0. The van der Waals surface area contributed by atoms with E-state index in [2.05, 4.69) is 81.4 Å². The van der Waals surface area contributed by atoms with Gasteiger partial charge in [-0.2, -0.15) is 0 Å². The highest BCUT2D eigenvalue weighted by Gasteiger charge is 2.47. The largest absolute Gasteiger partial charge is 0.542 e. The van der Waals surface area contributed by atoms with Gasteiger partial charge >= 0.3 is 0 Å². The standard InChI is InChI=1S/C23H40O2Si/c1-14(2)21-12-20(19(11)24)13-22(15(3)4)23(21)25-26(16(5)6,17(7)8)18(9)10/h12-18H,1-11H3. The fourth-order valence-electron chi connectivity index (χ4n) is 4.38. The third-order valence-corrected chi connectivity index (χ3v) is 11.8. The monoisotopic (exact) mass is 376 g/mol. The van der Waals surface area contributed by atoms with Crippen molar-refractivity contribution in [2.45, 2.75) is 105 Å². The van der Waals surface area contributed by atoms with Gasteiger partial charge in [-0.3, -0.25) is 4.79 Å². The van der Waals surface area contributed by atoms with Crippen molar-refractivity contribution < 1.29 is 9.22 Å². The molecule has 0 unspecified atom stereocenters. The van der Waals surface area contributed by atoms with E-state index in [1.165, 1.54) is 11.1 Å². The summed E-state index contributed by atoms with van der Waals surface area (Å²) in [6.07, 6.45) is 0. The van der Waals surface area contributed by atoms with Crippen molar-refractivity contribution in [2.24, 2.45) is 0 Å². The molecule has 1 aromatic rings. The molecule has 1 rings (SSSR count). The van der Waals surface area contributed by atoms with Crippen LogP contribution in [0.25, 0.3) is 0 Å². The van der Waals surface area contributed by atoms with Gasteiger partial charge in [0.05, 0.1) is 0 Å². The number of hydrogen-bond donors (Lipinski definition) is 0. The van der Waals surface area contributed by atoms with Crippen LogP contribution in [0.5, 0.6) is 5.75 Å². The third-order valence-electron chi connectivity index (χ3n) is 5.78. The fourth-order valence-corrected chi connectivity index (χ4v) is 9.68. The van der Waals surface area contributed by atoms with Crippen LogP contribution in [0, 0.1) is 0 Å². The Kier molecular flexibility index (Phi) is 7.70. The Balaban J connectivity index is 3.76. The van der Waals surface area contributed by atoms with E-state index in [9.17, 15) is 4.79 Å². The molecule has 0 fully saturated rings. The highest BCUT2D eigenvalue weighted by Crippen LogP contribution is 2.46. The number of hydrogen-bond acceptors (Lipinski definition) is 2. The normalized spacial score (nSPS) is 12.8. The smallest absolute Gasteiger partial charge is 0.258 e. The molecule has 0 aliphatic heterocycles. The summed E-state index contributed by atoms with van der Waals surface area (Å²) in [4.78, 5) is 12.1. The second kappa shape index (κ2) is 8.73. The van der Waals surface area contributed by atoms with Crippen molar-refractivity contribution >= 4 is 14.1 Å². The lowest BCUT2D eigenvalue weighted by Gasteiger charge is -2.43. The molecular weight excluding hydrogens is 336 g/mol. The average molecular weight is 377 g/mol. The molecule has 0 aliphatic rings. The Morgan fingerprint density at radius 1 is 0.769 bits per heavy atom. The van der Waals surface area contributed by atoms with Crippen LogP contribution in [0.2, 0.25) is 16.6 Å². The van der Waals surface area contributed by atoms with Crippen LogP contribution in [0.4, 0.5) is 0 Å².